The molecule has 2 N–H and O–H groups in total. The van der Waals surface area contributed by atoms with Crippen molar-refractivity contribution >= 4 is 56.5 Å². The van der Waals surface area contributed by atoms with Crippen LogP contribution in [-0.2, 0) is 9.59 Å². The van der Waals surface area contributed by atoms with Crippen LogP contribution in [0.25, 0.3) is 21.3 Å². The van der Waals surface area contributed by atoms with E-state index in [1.165, 1.54) is 25.0 Å². The van der Waals surface area contributed by atoms with Crippen molar-refractivity contribution in [1.82, 2.24) is 9.97 Å². The Hall–Kier alpha value is -3.43. The second-order valence-corrected chi connectivity index (χ2v) is 9.43. The van der Waals surface area contributed by atoms with Crippen LogP contribution in [-0.4, -0.2) is 34.1 Å². The number of ether oxygens (including phenoxy) is 1. The Bertz CT molecular complexity index is 1290. The third kappa shape index (κ3) is 5.32. The predicted octanol–water partition coefficient (Wildman–Crippen LogP) is 5.44. The molecule has 2 amide bonds. The van der Waals surface area contributed by atoms with Crippen LogP contribution in [0.15, 0.2) is 65.3 Å². The zero-order valence-corrected chi connectivity index (χ0v) is 19.9. The Kier molecular flexibility index (Phi) is 6.90. The van der Waals surface area contributed by atoms with E-state index >= 15 is 0 Å². The van der Waals surface area contributed by atoms with Gasteiger partial charge in [0.1, 0.15) is 21.9 Å². The number of thioether (sulfide) groups is 1. The van der Waals surface area contributed by atoms with E-state index in [9.17, 15) is 9.59 Å². The maximum absolute atomic E-state index is 12.8. The Morgan fingerprint density at radius 2 is 1.67 bits per heavy atom. The largest absolute Gasteiger partial charge is 0.497 e. The van der Waals surface area contributed by atoms with Crippen molar-refractivity contribution in [2.75, 3.05) is 17.7 Å². The minimum Gasteiger partial charge on any atom is -0.497 e. The SMILES string of the molecule is COc1ccc(-c2csc3ncnc(SC(C)C(=O)Nc4ccc(NC(C)=O)cc4)c23)cc1. The number of aromatic nitrogens is 2. The summed E-state index contributed by atoms with van der Waals surface area (Å²) in [7, 11) is 1.64. The van der Waals surface area contributed by atoms with Gasteiger partial charge in [-0.3, -0.25) is 9.59 Å². The van der Waals surface area contributed by atoms with Gasteiger partial charge < -0.3 is 15.4 Å². The quantitative estimate of drug-likeness (QED) is 0.271. The molecule has 4 aromatic rings. The number of nitrogens with one attached hydrogen (secondary N) is 2. The molecule has 2 aromatic heterocycles. The van der Waals surface area contributed by atoms with E-state index in [0.29, 0.717) is 11.4 Å². The van der Waals surface area contributed by atoms with Gasteiger partial charge in [-0.05, 0) is 48.9 Å². The van der Waals surface area contributed by atoms with E-state index in [1.54, 1.807) is 42.7 Å². The molecule has 0 saturated heterocycles. The maximum atomic E-state index is 12.8. The fraction of sp³-hybridized carbons (Fsp3) is 0.167. The molecule has 0 bridgehead atoms. The number of thiophene rings is 1. The van der Waals surface area contributed by atoms with Gasteiger partial charge in [-0.25, -0.2) is 9.97 Å². The van der Waals surface area contributed by atoms with E-state index < -0.39 is 0 Å². The number of carbonyl (C=O) groups excluding carboxylic acids is 2. The third-order valence-electron chi connectivity index (χ3n) is 4.87. The number of rotatable bonds is 7. The summed E-state index contributed by atoms with van der Waals surface area (Å²) >= 11 is 2.95. The van der Waals surface area contributed by atoms with Crippen LogP contribution in [0, 0.1) is 0 Å². The van der Waals surface area contributed by atoms with Crippen LogP contribution in [0.5, 0.6) is 5.75 Å². The molecule has 0 aliphatic rings. The molecule has 0 saturated carbocycles. The molecule has 2 heterocycles. The second kappa shape index (κ2) is 10.0. The van der Waals surface area contributed by atoms with Crippen LogP contribution in [0.1, 0.15) is 13.8 Å². The molecule has 1 atom stereocenters. The minimum atomic E-state index is -0.387. The Balaban J connectivity index is 1.52. The van der Waals surface area contributed by atoms with Gasteiger partial charge in [0.2, 0.25) is 11.8 Å². The van der Waals surface area contributed by atoms with E-state index in [4.69, 9.17) is 4.74 Å². The van der Waals surface area contributed by atoms with Crippen molar-refractivity contribution < 1.29 is 14.3 Å². The maximum Gasteiger partial charge on any atom is 0.237 e. The molecule has 0 fully saturated rings. The smallest absolute Gasteiger partial charge is 0.237 e. The van der Waals surface area contributed by atoms with Crippen molar-refractivity contribution in [3.05, 3.63) is 60.2 Å². The Morgan fingerprint density at radius 1 is 1.00 bits per heavy atom. The number of hydrogen-bond donors (Lipinski definition) is 2. The summed E-state index contributed by atoms with van der Waals surface area (Å²) in [4.78, 5) is 33.7. The van der Waals surface area contributed by atoms with Gasteiger partial charge in [-0.15, -0.1) is 11.3 Å². The fourth-order valence-electron chi connectivity index (χ4n) is 3.23. The molecule has 9 heteroatoms. The highest BCUT2D eigenvalue weighted by atomic mass is 32.2. The molecule has 0 aliphatic heterocycles. The lowest BCUT2D eigenvalue weighted by Crippen LogP contribution is -2.22. The van der Waals surface area contributed by atoms with Crippen molar-refractivity contribution in [2.45, 2.75) is 24.1 Å². The predicted molar refractivity (Wildman–Crippen MR) is 134 cm³/mol. The van der Waals surface area contributed by atoms with Gasteiger partial charge in [0.05, 0.1) is 17.7 Å². The highest BCUT2D eigenvalue weighted by molar-refractivity contribution is 8.00. The first kappa shape index (κ1) is 22.8. The molecule has 4 rings (SSSR count). The average molecular weight is 479 g/mol. The first-order chi connectivity index (χ1) is 15.9. The van der Waals surface area contributed by atoms with Crippen LogP contribution < -0.4 is 15.4 Å². The first-order valence-electron chi connectivity index (χ1n) is 10.2. The standard InChI is InChI=1S/C24H22N4O3S2/c1-14(22(30)28-18-8-6-17(7-9-18)27-15(2)29)33-24-21-20(12-32-23(21)25-13-26-24)16-4-10-19(31-3)11-5-16/h4-14H,1-3H3,(H,27,29)(H,28,30). The molecular weight excluding hydrogens is 456 g/mol. The average Bonchev–Trinajstić information content (AvgIpc) is 3.25. The zero-order valence-electron chi connectivity index (χ0n) is 18.3. The number of amides is 2. The summed E-state index contributed by atoms with van der Waals surface area (Å²) in [6, 6.07) is 14.8. The molecule has 0 spiro atoms. The van der Waals surface area contributed by atoms with E-state index in [0.717, 1.165) is 32.1 Å². The van der Waals surface area contributed by atoms with Gasteiger partial charge >= 0.3 is 0 Å². The molecule has 1 unspecified atom stereocenters. The second-order valence-electron chi connectivity index (χ2n) is 7.24. The number of benzene rings is 2. The van der Waals surface area contributed by atoms with Gasteiger partial charge in [-0.2, -0.15) is 0 Å². The van der Waals surface area contributed by atoms with Gasteiger partial charge in [0.25, 0.3) is 0 Å². The summed E-state index contributed by atoms with van der Waals surface area (Å²) < 4.78 is 5.26. The lowest BCUT2D eigenvalue weighted by molar-refractivity contribution is -0.115. The van der Waals surface area contributed by atoms with Crippen LogP contribution in [0.4, 0.5) is 11.4 Å². The monoisotopic (exact) mass is 478 g/mol. The van der Waals surface area contributed by atoms with Gasteiger partial charge in [0.15, 0.2) is 0 Å². The number of nitrogens with zero attached hydrogens (tertiary/aromatic N) is 2. The number of hydrogen-bond acceptors (Lipinski definition) is 7. The molecule has 33 heavy (non-hydrogen) atoms. The third-order valence-corrected chi connectivity index (χ3v) is 6.85. The minimum absolute atomic E-state index is 0.139. The molecule has 0 aliphatic carbocycles. The number of anilines is 2. The van der Waals surface area contributed by atoms with Gasteiger partial charge in [-0.1, -0.05) is 23.9 Å². The Labute approximate surface area is 199 Å². The Morgan fingerprint density at radius 3 is 2.30 bits per heavy atom. The summed E-state index contributed by atoms with van der Waals surface area (Å²) in [6.07, 6.45) is 1.53. The molecule has 0 radical (unpaired) electrons. The summed E-state index contributed by atoms with van der Waals surface area (Å²) in [5.41, 5.74) is 3.40. The number of carbonyl (C=O) groups is 2. The number of fused-ring (bicyclic) bond motifs is 1. The van der Waals surface area contributed by atoms with Crippen molar-refractivity contribution in [3.63, 3.8) is 0 Å². The van der Waals surface area contributed by atoms with Crippen molar-refractivity contribution in [1.29, 1.82) is 0 Å². The fourth-order valence-corrected chi connectivity index (χ4v) is 5.14. The van der Waals surface area contributed by atoms with Crippen molar-refractivity contribution in [3.8, 4) is 16.9 Å². The van der Waals surface area contributed by atoms with Gasteiger partial charge in [0, 0.05) is 29.2 Å². The zero-order chi connectivity index (χ0) is 23.4. The number of methoxy groups -OCH3 is 1. The first-order valence-corrected chi connectivity index (χ1v) is 11.9. The van der Waals surface area contributed by atoms with E-state index in [1.807, 2.05) is 31.2 Å². The highest BCUT2D eigenvalue weighted by Crippen LogP contribution is 2.39. The van der Waals surface area contributed by atoms with E-state index in [-0.39, 0.29) is 17.1 Å². The van der Waals surface area contributed by atoms with Crippen LogP contribution in [0.3, 0.4) is 0 Å². The topological polar surface area (TPSA) is 93.2 Å². The van der Waals surface area contributed by atoms with E-state index in [2.05, 4.69) is 26.0 Å². The summed E-state index contributed by atoms with van der Waals surface area (Å²) in [5, 5.41) is 9.00. The van der Waals surface area contributed by atoms with Crippen LogP contribution >= 0.6 is 23.1 Å². The molecule has 2 aromatic carbocycles. The van der Waals surface area contributed by atoms with Crippen LogP contribution in [0.2, 0.25) is 0 Å². The van der Waals surface area contributed by atoms with Crippen molar-refractivity contribution in [2.24, 2.45) is 0 Å². The molecule has 7 nitrogen and oxygen atoms in total. The molecular formula is C24H22N4O3S2. The molecule has 168 valence electrons. The summed E-state index contributed by atoms with van der Waals surface area (Å²) in [6.45, 7) is 3.30. The lowest BCUT2D eigenvalue weighted by Gasteiger charge is -2.13. The lowest BCUT2D eigenvalue weighted by atomic mass is 10.1. The highest BCUT2D eigenvalue weighted by Gasteiger charge is 2.20. The summed E-state index contributed by atoms with van der Waals surface area (Å²) in [5.74, 6) is 0.509. The normalized spacial score (nSPS) is 11.7.